The van der Waals surface area contributed by atoms with Crippen LogP contribution in [0.3, 0.4) is 0 Å². The molecule has 0 bridgehead atoms. The number of likely N-dealkylation sites (tertiary alicyclic amines) is 1. The summed E-state index contributed by atoms with van der Waals surface area (Å²) in [6.45, 7) is 1.49. The fourth-order valence-electron chi connectivity index (χ4n) is 2.86. The number of carbonyl (C=O) groups is 1. The van der Waals surface area contributed by atoms with Crippen molar-refractivity contribution in [2.24, 2.45) is 0 Å². The highest BCUT2D eigenvalue weighted by Gasteiger charge is 2.26. The van der Waals surface area contributed by atoms with Crippen LogP contribution in [0.2, 0.25) is 5.02 Å². The molecule has 1 aromatic carbocycles. The molecule has 0 unspecified atom stereocenters. The van der Waals surface area contributed by atoms with E-state index in [1.54, 1.807) is 17.0 Å². The number of benzene rings is 1. The van der Waals surface area contributed by atoms with Crippen molar-refractivity contribution in [1.82, 2.24) is 24.7 Å². The predicted octanol–water partition coefficient (Wildman–Crippen LogP) is 1.75. The molecular weight excluding hydrogens is 304 g/mol. The molecule has 1 aliphatic rings. The Morgan fingerprint density at radius 3 is 2.82 bits per heavy atom. The van der Waals surface area contributed by atoms with Crippen molar-refractivity contribution in [1.29, 1.82) is 0 Å². The van der Waals surface area contributed by atoms with Crippen LogP contribution in [0.15, 0.2) is 18.2 Å². The maximum atomic E-state index is 12.5. The van der Waals surface area contributed by atoms with Gasteiger partial charge >= 0.3 is 0 Å². The lowest BCUT2D eigenvalue weighted by Crippen LogP contribution is -2.28. The third-order valence-electron chi connectivity index (χ3n) is 3.94. The molecule has 0 spiro atoms. The van der Waals surface area contributed by atoms with Crippen LogP contribution >= 0.6 is 11.6 Å². The molecule has 8 heteroatoms. The summed E-state index contributed by atoms with van der Waals surface area (Å²) in [5.74, 6) is 0.117. The number of rotatable bonds is 1. The largest absolute Gasteiger partial charge is 0.383 e. The van der Waals surface area contributed by atoms with E-state index >= 15 is 0 Å². The highest BCUT2D eigenvalue weighted by Crippen LogP contribution is 2.28. The van der Waals surface area contributed by atoms with Gasteiger partial charge in [0.1, 0.15) is 5.82 Å². The summed E-state index contributed by atoms with van der Waals surface area (Å²) < 4.78 is 1.51. The van der Waals surface area contributed by atoms with Crippen LogP contribution in [-0.4, -0.2) is 43.7 Å². The Bertz CT molecular complexity index is 899. The molecule has 22 heavy (non-hydrogen) atoms. The van der Waals surface area contributed by atoms with Crippen LogP contribution in [0.25, 0.3) is 16.6 Å². The van der Waals surface area contributed by atoms with Crippen molar-refractivity contribution in [3.63, 3.8) is 0 Å². The molecule has 1 fully saturated rings. The Hall–Kier alpha value is -2.41. The zero-order valence-electron chi connectivity index (χ0n) is 11.7. The Labute approximate surface area is 130 Å². The topological polar surface area (TPSA) is 89.4 Å². The quantitative estimate of drug-likeness (QED) is 0.738. The van der Waals surface area contributed by atoms with Gasteiger partial charge in [-0.3, -0.25) is 4.79 Å². The molecule has 0 radical (unpaired) electrons. The van der Waals surface area contributed by atoms with Crippen molar-refractivity contribution < 1.29 is 4.79 Å². The fraction of sp³-hybridized carbons (Fsp3) is 0.286. The minimum atomic E-state index is -0.152. The van der Waals surface area contributed by atoms with Crippen molar-refractivity contribution in [2.75, 3.05) is 18.8 Å². The van der Waals surface area contributed by atoms with Crippen molar-refractivity contribution in [3.05, 3.63) is 28.9 Å². The van der Waals surface area contributed by atoms with Gasteiger partial charge in [0, 0.05) is 13.1 Å². The average molecular weight is 317 g/mol. The number of halogens is 1. The van der Waals surface area contributed by atoms with Gasteiger partial charge in [0.2, 0.25) is 0 Å². The molecule has 1 saturated heterocycles. The van der Waals surface area contributed by atoms with Crippen LogP contribution in [0.5, 0.6) is 0 Å². The van der Waals surface area contributed by atoms with E-state index in [0.717, 1.165) is 25.9 Å². The maximum absolute atomic E-state index is 12.5. The van der Waals surface area contributed by atoms with E-state index in [0.29, 0.717) is 21.6 Å². The summed E-state index contributed by atoms with van der Waals surface area (Å²) in [5.41, 5.74) is 7.30. The lowest BCUT2D eigenvalue weighted by molar-refractivity contribution is 0.0788. The van der Waals surface area contributed by atoms with E-state index in [1.807, 2.05) is 6.07 Å². The van der Waals surface area contributed by atoms with Crippen LogP contribution in [0.1, 0.15) is 23.3 Å². The normalized spacial score (nSPS) is 15.0. The highest BCUT2D eigenvalue weighted by atomic mass is 35.5. The van der Waals surface area contributed by atoms with E-state index in [4.69, 9.17) is 17.3 Å². The second kappa shape index (κ2) is 4.81. The third-order valence-corrected chi connectivity index (χ3v) is 4.26. The molecule has 1 aliphatic heterocycles. The van der Waals surface area contributed by atoms with Crippen LogP contribution in [-0.2, 0) is 0 Å². The van der Waals surface area contributed by atoms with Crippen molar-refractivity contribution in [2.45, 2.75) is 12.8 Å². The molecule has 0 atom stereocenters. The second-order valence-corrected chi connectivity index (χ2v) is 5.71. The molecule has 1 amide bonds. The Morgan fingerprint density at radius 2 is 2.05 bits per heavy atom. The molecule has 2 N–H and O–H groups in total. The first kappa shape index (κ1) is 13.3. The first-order valence-corrected chi connectivity index (χ1v) is 7.43. The number of carbonyl (C=O) groups excluding carboxylic acids is 1. The number of anilines is 1. The smallest absolute Gasteiger partial charge is 0.278 e. The predicted molar refractivity (Wildman–Crippen MR) is 82.8 cm³/mol. The lowest BCUT2D eigenvalue weighted by atomic mass is 10.2. The summed E-state index contributed by atoms with van der Waals surface area (Å²) in [7, 11) is 0. The number of hydrogen-bond donors (Lipinski definition) is 1. The minimum absolute atomic E-state index is 0.152. The molecule has 112 valence electrons. The molecule has 3 aromatic rings. The van der Waals surface area contributed by atoms with E-state index < -0.39 is 0 Å². The third kappa shape index (κ3) is 1.82. The second-order valence-electron chi connectivity index (χ2n) is 5.30. The van der Waals surface area contributed by atoms with Crippen LogP contribution < -0.4 is 5.73 Å². The highest BCUT2D eigenvalue weighted by molar-refractivity contribution is 6.36. The standard InChI is InChI=1S/C14H13ClN6O/c15-8-4-3-5-9-10(8)12(16)17-13-11(18-19-21(9)13)14(22)20-6-1-2-7-20/h3-5H,1-2,6-7H2,(H2,16,17). The zero-order valence-corrected chi connectivity index (χ0v) is 12.4. The number of amides is 1. The number of nitrogens with zero attached hydrogens (tertiary/aromatic N) is 5. The van der Waals surface area contributed by atoms with E-state index in [2.05, 4.69) is 15.3 Å². The Kier molecular flexibility index (Phi) is 2.90. The van der Waals surface area contributed by atoms with Crippen LogP contribution in [0.4, 0.5) is 5.82 Å². The number of hydrogen-bond acceptors (Lipinski definition) is 5. The lowest BCUT2D eigenvalue weighted by Gasteiger charge is -2.13. The van der Waals surface area contributed by atoms with Gasteiger partial charge < -0.3 is 10.6 Å². The van der Waals surface area contributed by atoms with Gasteiger partial charge in [-0.2, -0.15) is 4.52 Å². The van der Waals surface area contributed by atoms with E-state index in [1.165, 1.54) is 4.52 Å². The van der Waals surface area contributed by atoms with Gasteiger partial charge in [-0.15, -0.1) is 5.10 Å². The van der Waals surface area contributed by atoms with Gasteiger partial charge in [0.15, 0.2) is 11.3 Å². The Balaban J connectivity index is 1.96. The van der Waals surface area contributed by atoms with Gasteiger partial charge in [-0.25, -0.2) is 4.98 Å². The van der Waals surface area contributed by atoms with Gasteiger partial charge in [0.25, 0.3) is 5.91 Å². The van der Waals surface area contributed by atoms with Crippen molar-refractivity contribution >= 4 is 39.9 Å². The molecule has 0 aliphatic carbocycles. The van der Waals surface area contributed by atoms with Gasteiger partial charge in [-0.05, 0) is 25.0 Å². The summed E-state index contributed by atoms with van der Waals surface area (Å²) in [6, 6.07) is 5.36. The summed E-state index contributed by atoms with van der Waals surface area (Å²) in [4.78, 5) is 18.6. The first-order valence-electron chi connectivity index (χ1n) is 7.05. The molecular formula is C14H13ClN6O. The monoisotopic (exact) mass is 316 g/mol. The number of aromatic nitrogens is 4. The molecule has 2 aromatic heterocycles. The fourth-order valence-corrected chi connectivity index (χ4v) is 3.13. The average Bonchev–Trinajstić information content (AvgIpc) is 3.16. The Morgan fingerprint density at radius 1 is 1.27 bits per heavy atom. The SMILES string of the molecule is Nc1nc2c(C(=O)N3CCCC3)nnn2c2cccc(Cl)c12. The number of fused-ring (bicyclic) bond motifs is 3. The van der Waals surface area contributed by atoms with E-state index in [-0.39, 0.29) is 17.4 Å². The minimum Gasteiger partial charge on any atom is -0.383 e. The van der Waals surface area contributed by atoms with Gasteiger partial charge in [0.05, 0.1) is 15.9 Å². The summed E-state index contributed by atoms with van der Waals surface area (Å²) >= 11 is 6.18. The maximum Gasteiger partial charge on any atom is 0.278 e. The number of nitrogens with two attached hydrogens (primary N) is 1. The zero-order chi connectivity index (χ0) is 15.3. The molecule has 3 heterocycles. The van der Waals surface area contributed by atoms with Crippen molar-refractivity contribution in [3.8, 4) is 0 Å². The van der Waals surface area contributed by atoms with E-state index in [9.17, 15) is 4.79 Å². The first-order chi connectivity index (χ1) is 10.7. The molecule has 0 saturated carbocycles. The molecule has 7 nitrogen and oxygen atoms in total. The van der Waals surface area contributed by atoms with Crippen LogP contribution in [0, 0.1) is 0 Å². The van der Waals surface area contributed by atoms with Gasteiger partial charge in [-0.1, -0.05) is 22.9 Å². The summed E-state index contributed by atoms with van der Waals surface area (Å²) in [5, 5.41) is 9.19. The summed E-state index contributed by atoms with van der Waals surface area (Å²) in [6.07, 6.45) is 2.03. The molecule has 4 rings (SSSR count). The number of nitrogen functional groups attached to an aromatic ring is 1.